The van der Waals surface area contributed by atoms with Gasteiger partial charge in [-0.1, -0.05) is 136 Å². The van der Waals surface area contributed by atoms with E-state index in [1.54, 1.807) is 0 Å². The topological polar surface area (TPSA) is 92.4 Å². The van der Waals surface area contributed by atoms with Crippen molar-refractivity contribution in [2.75, 3.05) is 22.9 Å². The summed E-state index contributed by atoms with van der Waals surface area (Å²) in [5, 5.41) is 25.8. The summed E-state index contributed by atoms with van der Waals surface area (Å²) in [6.07, 6.45) is 0. The van der Waals surface area contributed by atoms with Crippen molar-refractivity contribution in [3.05, 3.63) is 148 Å². The Morgan fingerprint density at radius 1 is 0.586 bits per heavy atom. The van der Waals surface area contributed by atoms with Crippen LogP contribution in [0.4, 0.5) is 22.7 Å². The first kappa shape index (κ1) is 36.2. The van der Waals surface area contributed by atoms with Crippen molar-refractivity contribution in [1.29, 1.82) is 0 Å². The van der Waals surface area contributed by atoms with Gasteiger partial charge in [-0.3, -0.25) is 0 Å². The minimum atomic E-state index is -1.33. The highest BCUT2D eigenvalue weighted by atomic mass is 35.5. The number of halogens is 2. The molecule has 0 saturated heterocycles. The number of aromatic carboxylic acids is 2. The van der Waals surface area contributed by atoms with E-state index in [4.69, 9.17) is 27.6 Å². The zero-order valence-corrected chi connectivity index (χ0v) is 33.7. The summed E-state index contributed by atoms with van der Waals surface area (Å²) in [7, 11) is 0. The Hall–Kier alpha value is -6.15. The third-order valence-electron chi connectivity index (χ3n) is 12.0. The lowest BCUT2D eigenvalue weighted by atomic mass is 9.79. The zero-order chi connectivity index (χ0) is 40.4. The Kier molecular flexibility index (Phi) is 7.91. The predicted octanol–water partition coefficient (Wildman–Crippen LogP) is 13.4. The van der Waals surface area contributed by atoms with Gasteiger partial charge in [-0.05, 0) is 30.3 Å². The molecule has 0 saturated carbocycles. The molecule has 0 unspecified atom stereocenters. The highest BCUT2D eigenvalue weighted by molar-refractivity contribution is 6.43. The number of fused-ring (bicyclic) bond motifs is 12. The summed E-state index contributed by atoms with van der Waals surface area (Å²) in [4.78, 5) is 31.1. The summed E-state index contributed by atoms with van der Waals surface area (Å²) in [5.41, 5.74) is 6.09. The molecule has 0 bridgehead atoms. The van der Waals surface area contributed by atoms with Crippen LogP contribution in [0, 0.1) is 0 Å². The third-order valence-corrected chi connectivity index (χ3v) is 12.7. The molecule has 0 fully saturated rings. The van der Waals surface area contributed by atoms with Gasteiger partial charge in [-0.25, -0.2) is 14.0 Å². The van der Waals surface area contributed by atoms with Gasteiger partial charge in [-0.2, -0.15) is 0 Å². The van der Waals surface area contributed by atoms with Gasteiger partial charge in [0.1, 0.15) is 0 Å². The highest BCUT2D eigenvalue weighted by Gasteiger charge is 2.49. The fourth-order valence-electron chi connectivity index (χ4n) is 9.78. The molecule has 0 radical (unpaired) electrons. The predicted molar refractivity (Wildman–Crippen MR) is 235 cm³/mol. The molecule has 10 rings (SSSR count). The van der Waals surface area contributed by atoms with Crippen LogP contribution < -0.4 is 9.80 Å². The summed E-state index contributed by atoms with van der Waals surface area (Å²) in [6.45, 7) is 10.1. The van der Waals surface area contributed by atoms with E-state index in [0.29, 0.717) is 40.6 Å². The number of carbonyl (C=O) groups is 2. The molecule has 0 amide bonds. The minimum Gasteiger partial charge on any atom is -0.478 e. The van der Waals surface area contributed by atoms with E-state index in [0.717, 1.165) is 61.5 Å². The largest absolute Gasteiger partial charge is 0.478 e. The number of carboxylic acids is 2. The number of para-hydroxylation sites is 2. The van der Waals surface area contributed by atoms with Crippen LogP contribution in [-0.4, -0.2) is 35.2 Å². The molecule has 8 aromatic rings. The molecule has 7 aromatic carbocycles. The Bertz CT molecular complexity index is 2950. The number of nitrogens with zero attached hydrogens (tertiary/aromatic N) is 2. The summed E-state index contributed by atoms with van der Waals surface area (Å²) in [5.74, 6) is -2.65. The van der Waals surface area contributed by atoms with Crippen LogP contribution in [0.25, 0.3) is 54.6 Å². The Morgan fingerprint density at radius 3 is 1.41 bits per heavy atom. The first-order valence-corrected chi connectivity index (χ1v) is 19.9. The van der Waals surface area contributed by atoms with Crippen molar-refractivity contribution < 1.29 is 24.2 Å². The maximum Gasteiger partial charge on any atom is 0.367 e. The number of carboxylic acid groups (broad SMARTS) is 2. The average Bonchev–Trinajstić information content (AvgIpc) is 3.67. The van der Waals surface area contributed by atoms with E-state index in [1.807, 2.05) is 72.8 Å². The molecule has 0 atom stereocenters. The molecule has 2 N–H and O–H groups in total. The second-order valence-corrected chi connectivity index (χ2v) is 17.4. The van der Waals surface area contributed by atoms with E-state index >= 15 is 0 Å². The van der Waals surface area contributed by atoms with Gasteiger partial charge in [0.2, 0.25) is 0 Å². The van der Waals surface area contributed by atoms with Crippen molar-refractivity contribution in [3.63, 3.8) is 0 Å². The van der Waals surface area contributed by atoms with Crippen LogP contribution in [0.15, 0.2) is 120 Å². The quantitative estimate of drug-likeness (QED) is 0.102. The van der Waals surface area contributed by atoms with Crippen LogP contribution in [0.5, 0.6) is 0 Å². The van der Waals surface area contributed by atoms with Crippen LogP contribution >= 0.6 is 23.2 Å². The first-order chi connectivity index (χ1) is 27.8. The Balaban J connectivity index is 1.54. The first-order valence-electron chi connectivity index (χ1n) is 19.2. The molecule has 3 heterocycles. The standard InChI is InChI=1S/C49H36Cl2N2O5/c1-48(2)24-52(26-15-7-5-8-16-26)42-30-21-13-11-19-28(30)34-37(38-36(47(56)57)33(50)23-32(41(38)51)46(54)55)35-29-20-12-14-22-31(29)43-40(45(35)58-44(34)39(42)48)49(3,4)25-53(43)27-17-9-6-10-18-27/h5-23H,24-25H2,1-4H3,(H-,54,55,56,57)/p+1. The van der Waals surface area contributed by atoms with E-state index in [2.05, 4.69) is 73.9 Å². The van der Waals surface area contributed by atoms with Crippen molar-refractivity contribution in [1.82, 2.24) is 0 Å². The molecular formula is C49H37Cl2N2O5+. The molecule has 58 heavy (non-hydrogen) atoms. The van der Waals surface area contributed by atoms with Crippen molar-refractivity contribution in [2.45, 2.75) is 38.5 Å². The number of benzene rings is 7. The fourth-order valence-corrected chi connectivity index (χ4v) is 10.4. The maximum absolute atomic E-state index is 13.5. The maximum atomic E-state index is 13.5. The molecule has 2 aliphatic heterocycles. The minimum absolute atomic E-state index is 0.0338. The van der Waals surface area contributed by atoms with Crippen LogP contribution in [0.1, 0.15) is 59.5 Å². The average molecular weight is 805 g/mol. The second-order valence-electron chi connectivity index (χ2n) is 16.6. The number of anilines is 4. The smallest absolute Gasteiger partial charge is 0.367 e. The Morgan fingerprint density at radius 2 is 1.00 bits per heavy atom. The van der Waals surface area contributed by atoms with E-state index < -0.39 is 22.8 Å². The molecule has 2 aliphatic rings. The van der Waals surface area contributed by atoms with Crippen molar-refractivity contribution >= 4 is 101 Å². The summed E-state index contributed by atoms with van der Waals surface area (Å²) < 4.78 is 7.60. The van der Waals surface area contributed by atoms with Gasteiger partial charge in [-0.15, -0.1) is 0 Å². The zero-order valence-electron chi connectivity index (χ0n) is 32.2. The number of hydrogen-bond acceptors (Lipinski definition) is 4. The normalized spacial score (nSPS) is 15.4. The molecular weight excluding hydrogens is 767 g/mol. The van der Waals surface area contributed by atoms with Crippen molar-refractivity contribution in [2.24, 2.45) is 0 Å². The summed E-state index contributed by atoms with van der Waals surface area (Å²) >= 11 is 14.1. The van der Waals surface area contributed by atoms with E-state index in [9.17, 15) is 19.8 Å². The molecule has 286 valence electrons. The second kappa shape index (κ2) is 12.7. The third kappa shape index (κ3) is 5.03. The number of rotatable bonds is 5. The molecule has 7 nitrogen and oxygen atoms in total. The van der Waals surface area contributed by atoms with Gasteiger partial charge in [0.05, 0.1) is 54.4 Å². The van der Waals surface area contributed by atoms with Crippen molar-refractivity contribution in [3.8, 4) is 11.1 Å². The molecule has 0 spiro atoms. The lowest BCUT2D eigenvalue weighted by Gasteiger charge is -2.23. The summed E-state index contributed by atoms with van der Waals surface area (Å²) in [6, 6.07) is 37.8. The van der Waals surface area contributed by atoms with Gasteiger partial charge >= 0.3 is 23.1 Å². The van der Waals surface area contributed by atoms with E-state index in [-0.39, 0.29) is 26.7 Å². The highest BCUT2D eigenvalue weighted by Crippen LogP contribution is 2.59. The Labute approximate surface area is 344 Å². The van der Waals surface area contributed by atoms with E-state index in [1.165, 1.54) is 0 Å². The SMILES string of the molecule is CC1(C)CN(c2ccccc2)c2c1c1[o+]c3c4c(c5ccccc5c3c(-c3c(Cl)c(C(=O)O)cc(Cl)c3C(=O)O)c1c1ccccc21)N(c1ccccc1)CC4(C)C. The van der Waals surface area contributed by atoms with Gasteiger partial charge in [0.25, 0.3) is 0 Å². The fraction of sp³-hybridized carbons (Fsp3) is 0.163. The molecule has 1 aromatic heterocycles. The molecule has 0 aliphatic carbocycles. The number of hydrogen-bond donors (Lipinski definition) is 2. The van der Waals surface area contributed by atoms with Crippen LogP contribution in [0.2, 0.25) is 10.0 Å². The van der Waals surface area contributed by atoms with Gasteiger partial charge < -0.3 is 20.0 Å². The van der Waals surface area contributed by atoms with Gasteiger partial charge in [0, 0.05) is 68.0 Å². The monoisotopic (exact) mass is 803 g/mol. The van der Waals surface area contributed by atoms with Crippen LogP contribution in [-0.2, 0) is 10.8 Å². The van der Waals surface area contributed by atoms with Gasteiger partial charge in [0.15, 0.2) is 0 Å². The lowest BCUT2D eigenvalue weighted by Crippen LogP contribution is -2.25. The molecule has 9 heteroatoms. The van der Waals surface area contributed by atoms with Crippen LogP contribution in [0.3, 0.4) is 0 Å². The lowest BCUT2D eigenvalue weighted by molar-refractivity contribution is 0.0682.